The van der Waals surface area contributed by atoms with Crippen molar-refractivity contribution in [3.63, 3.8) is 0 Å². The summed E-state index contributed by atoms with van der Waals surface area (Å²) in [5, 5.41) is 53.6. The van der Waals surface area contributed by atoms with Gasteiger partial charge in [-0.25, -0.2) is 4.79 Å². The fourth-order valence-corrected chi connectivity index (χ4v) is 6.08. The number of hydrogen-bond donors (Lipinski definition) is 6. The first-order valence-corrected chi connectivity index (χ1v) is 18.7. The van der Waals surface area contributed by atoms with Gasteiger partial charge in [0.2, 0.25) is 5.91 Å². The molecule has 0 unspecified atom stereocenters. The van der Waals surface area contributed by atoms with Crippen LogP contribution in [0.25, 0.3) is 0 Å². The Morgan fingerprint density at radius 3 is 1.54 bits per heavy atom. The summed E-state index contributed by atoms with van der Waals surface area (Å²) in [6.07, 6.45) is 17.3. The summed E-state index contributed by atoms with van der Waals surface area (Å²) in [5.41, 5.74) is 0. The Morgan fingerprint density at radius 1 is 0.652 bits per heavy atom. The Kier molecular flexibility index (Phi) is 25.7. The third kappa shape index (κ3) is 19.5. The van der Waals surface area contributed by atoms with Crippen LogP contribution in [0.15, 0.2) is 0 Å². The topological polar surface area (TPSA) is 166 Å². The number of carbonyl (C=O) groups is 2. The van der Waals surface area contributed by atoms with Gasteiger partial charge in [0.05, 0.1) is 18.8 Å². The van der Waals surface area contributed by atoms with Crippen molar-refractivity contribution in [2.24, 2.45) is 0 Å². The number of unbranched alkanes of at least 4 members (excludes halogenated alkanes) is 20. The monoisotopic (exact) mass is 659 g/mol. The van der Waals surface area contributed by atoms with Gasteiger partial charge in [-0.3, -0.25) is 4.79 Å². The summed E-state index contributed by atoms with van der Waals surface area (Å²) in [4.78, 5) is 24.3. The summed E-state index contributed by atoms with van der Waals surface area (Å²) < 4.78 is 10.8. The second-order valence-electron chi connectivity index (χ2n) is 13.4. The zero-order valence-electron chi connectivity index (χ0n) is 29.1. The molecule has 1 heterocycles. The number of carboxylic acids is 1. The van der Waals surface area contributed by atoms with Crippen molar-refractivity contribution in [2.75, 3.05) is 6.61 Å². The molecule has 1 fully saturated rings. The summed E-state index contributed by atoms with van der Waals surface area (Å²) in [5.74, 6) is -1.70. The van der Waals surface area contributed by atoms with E-state index in [2.05, 4.69) is 19.2 Å². The van der Waals surface area contributed by atoms with Crippen molar-refractivity contribution in [3.05, 3.63) is 0 Å². The van der Waals surface area contributed by atoms with Crippen molar-refractivity contribution in [1.29, 1.82) is 0 Å². The van der Waals surface area contributed by atoms with Crippen molar-refractivity contribution < 1.29 is 44.6 Å². The maximum Gasteiger partial charge on any atom is 0.335 e. The van der Waals surface area contributed by atoms with E-state index in [9.17, 15) is 35.1 Å². The van der Waals surface area contributed by atoms with Crippen LogP contribution in [0.3, 0.4) is 0 Å². The molecule has 1 aliphatic heterocycles. The van der Waals surface area contributed by atoms with Crippen molar-refractivity contribution in [3.8, 4) is 0 Å². The molecule has 0 spiro atoms. The molecular formula is C36H69NO9. The summed E-state index contributed by atoms with van der Waals surface area (Å²) in [6, 6.07) is -0.800. The average Bonchev–Trinajstić information content (AvgIpc) is 3.03. The normalized spacial score (nSPS) is 22.9. The van der Waals surface area contributed by atoms with Crippen molar-refractivity contribution in [2.45, 2.75) is 211 Å². The first kappa shape index (κ1) is 42.7. The Labute approximate surface area is 279 Å². The minimum absolute atomic E-state index is 0.202. The molecule has 0 aromatic heterocycles. The second kappa shape index (κ2) is 27.6. The molecule has 1 saturated heterocycles. The van der Waals surface area contributed by atoms with Gasteiger partial charge >= 0.3 is 5.97 Å². The molecule has 1 aliphatic rings. The van der Waals surface area contributed by atoms with E-state index in [0.717, 1.165) is 38.5 Å². The van der Waals surface area contributed by atoms with Gasteiger partial charge in [0.25, 0.3) is 0 Å². The highest BCUT2D eigenvalue weighted by Gasteiger charge is 2.47. The lowest BCUT2D eigenvalue weighted by Gasteiger charge is -2.39. The van der Waals surface area contributed by atoms with Gasteiger partial charge in [0.1, 0.15) is 18.3 Å². The van der Waals surface area contributed by atoms with Crippen LogP contribution in [0.5, 0.6) is 0 Å². The number of aliphatic carboxylic acids is 1. The number of ether oxygens (including phenoxy) is 2. The molecule has 0 bridgehead atoms. The lowest BCUT2D eigenvalue weighted by Crippen LogP contribution is -2.61. The van der Waals surface area contributed by atoms with E-state index >= 15 is 0 Å². The molecule has 7 atom stereocenters. The molecule has 10 heteroatoms. The van der Waals surface area contributed by atoms with E-state index in [1.165, 1.54) is 103 Å². The second-order valence-corrected chi connectivity index (χ2v) is 13.4. The van der Waals surface area contributed by atoms with Gasteiger partial charge in [0.15, 0.2) is 12.4 Å². The van der Waals surface area contributed by atoms with Gasteiger partial charge in [-0.2, -0.15) is 0 Å². The molecular weight excluding hydrogens is 590 g/mol. The molecule has 0 aromatic rings. The first-order valence-electron chi connectivity index (χ1n) is 18.7. The number of hydrogen-bond acceptors (Lipinski definition) is 8. The van der Waals surface area contributed by atoms with E-state index in [0.29, 0.717) is 12.8 Å². The Bertz CT molecular complexity index is 755. The number of rotatable bonds is 30. The molecule has 0 aliphatic carbocycles. The van der Waals surface area contributed by atoms with Crippen molar-refractivity contribution in [1.82, 2.24) is 5.32 Å². The summed E-state index contributed by atoms with van der Waals surface area (Å²) in [6.45, 7) is 4.20. The van der Waals surface area contributed by atoms with Gasteiger partial charge < -0.3 is 40.3 Å². The fraction of sp³-hybridized carbons (Fsp3) is 0.944. The Morgan fingerprint density at radius 2 is 1.09 bits per heavy atom. The lowest BCUT2D eigenvalue weighted by molar-refractivity contribution is -0.295. The molecule has 0 saturated carbocycles. The van der Waals surface area contributed by atoms with E-state index in [4.69, 9.17) is 9.47 Å². The molecule has 1 rings (SSSR count). The summed E-state index contributed by atoms with van der Waals surface area (Å²) >= 11 is 0. The third-order valence-corrected chi connectivity index (χ3v) is 9.17. The van der Waals surface area contributed by atoms with E-state index in [1.807, 2.05) is 0 Å². The summed E-state index contributed by atoms with van der Waals surface area (Å²) in [7, 11) is 0. The van der Waals surface area contributed by atoms with E-state index in [1.54, 1.807) is 0 Å². The van der Waals surface area contributed by atoms with Crippen LogP contribution in [0, 0.1) is 0 Å². The highest BCUT2D eigenvalue weighted by atomic mass is 16.7. The maximum absolute atomic E-state index is 12.8. The third-order valence-electron chi connectivity index (χ3n) is 9.17. The predicted molar refractivity (Wildman–Crippen MR) is 180 cm³/mol. The van der Waals surface area contributed by atoms with Crippen LogP contribution < -0.4 is 5.32 Å². The van der Waals surface area contributed by atoms with E-state index in [-0.39, 0.29) is 12.5 Å². The lowest BCUT2D eigenvalue weighted by atomic mass is 9.99. The highest BCUT2D eigenvalue weighted by Crippen LogP contribution is 2.23. The standard InChI is InChI=1S/C36H69NO9/c1-3-5-7-9-11-13-15-17-19-21-23-25-29(38)28(27-45-36-33(42)31(40)32(41)34(46-36)35(43)44)37-30(39)26-24-22-20-18-16-14-12-10-8-6-4-2/h28-29,31-34,36,38,40-42H,3-27H2,1-2H3,(H,37,39)(H,43,44)/t28-,29+,31-,32-,33+,34-,36+/m0/s1. The number of carbonyl (C=O) groups excluding carboxylic acids is 1. The zero-order chi connectivity index (χ0) is 34.0. The van der Waals surface area contributed by atoms with E-state index < -0.39 is 48.8 Å². The molecule has 272 valence electrons. The average molecular weight is 660 g/mol. The predicted octanol–water partition coefficient (Wildman–Crippen LogP) is 6.14. The highest BCUT2D eigenvalue weighted by molar-refractivity contribution is 5.76. The zero-order valence-corrected chi connectivity index (χ0v) is 29.1. The first-order chi connectivity index (χ1) is 22.2. The van der Waals surface area contributed by atoms with Crippen LogP contribution in [0.1, 0.15) is 168 Å². The van der Waals surface area contributed by atoms with Gasteiger partial charge in [-0.15, -0.1) is 0 Å². The van der Waals surface area contributed by atoms with Crippen LogP contribution >= 0.6 is 0 Å². The number of amides is 1. The van der Waals surface area contributed by atoms with Crippen LogP contribution in [0.4, 0.5) is 0 Å². The molecule has 10 nitrogen and oxygen atoms in total. The van der Waals surface area contributed by atoms with Crippen molar-refractivity contribution >= 4 is 11.9 Å². The number of nitrogens with one attached hydrogen (secondary N) is 1. The fourth-order valence-electron chi connectivity index (χ4n) is 6.08. The smallest absolute Gasteiger partial charge is 0.335 e. The SMILES string of the molecule is CCCCCCCCCCCCCC(=O)N[C@@H](CO[C@@H]1O[C@H](C(=O)O)[C@@H](O)[C@H](O)[C@H]1O)[C@H](O)CCCCCCCCCCCCC. The van der Waals surface area contributed by atoms with Gasteiger partial charge in [-0.05, 0) is 12.8 Å². The number of aliphatic hydroxyl groups excluding tert-OH is 4. The van der Waals surface area contributed by atoms with Crippen LogP contribution in [0.2, 0.25) is 0 Å². The quantitative estimate of drug-likeness (QED) is 0.0497. The van der Waals surface area contributed by atoms with Crippen LogP contribution in [-0.4, -0.2) is 86.9 Å². The number of carboxylic acid groups (broad SMARTS) is 1. The largest absolute Gasteiger partial charge is 0.479 e. The van der Waals surface area contributed by atoms with Gasteiger partial charge in [0, 0.05) is 6.42 Å². The van der Waals surface area contributed by atoms with Crippen LogP contribution in [-0.2, 0) is 19.1 Å². The maximum atomic E-state index is 12.8. The van der Waals surface area contributed by atoms with Gasteiger partial charge in [-0.1, -0.05) is 149 Å². The molecule has 46 heavy (non-hydrogen) atoms. The molecule has 1 amide bonds. The molecule has 6 N–H and O–H groups in total. The minimum Gasteiger partial charge on any atom is -0.479 e. The molecule has 0 radical (unpaired) electrons. The molecule has 0 aromatic carbocycles. The Hall–Kier alpha value is -1.30. The Balaban J connectivity index is 2.49. The number of aliphatic hydroxyl groups is 4. The minimum atomic E-state index is -1.82.